The van der Waals surface area contributed by atoms with Crippen molar-refractivity contribution in [2.75, 3.05) is 5.32 Å². The van der Waals surface area contributed by atoms with Gasteiger partial charge in [0.05, 0.1) is 0 Å². The number of anilines is 1. The largest absolute Gasteiger partial charge is 0.480 e. The first-order valence-corrected chi connectivity index (χ1v) is 10.3. The number of aryl methyl sites for hydroxylation is 1. The Morgan fingerprint density at radius 1 is 1.03 bits per heavy atom. The van der Waals surface area contributed by atoms with Crippen LogP contribution >= 0.6 is 11.3 Å². The third-order valence-corrected chi connectivity index (χ3v) is 5.52. The van der Waals surface area contributed by atoms with E-state index in [-0.39, 0.29) is 5.91 Å². The fraction of sp³-hybridized carbons (Fsp3) is 0.174. The number of rotatable bonds is 6. The number of carbonyl (C=O) groups excluding carboxylic acids is 1. The summed E-state index contributed by atoms with van der Waals surface area (Å²) in [7, 11) is 0. The molecule has 1 aromatic heterocycles. The van der Waals surface area contributed by atoms with E-state index in [4.69, 9.17) is 4.74 Å². The number of nitrogens with one attached hydrogen (secondary N) is 1. The van der Waals surface area contributed by atoms with Crippen molar-refractivity contribution in [1.82, 2.24) is 10.2 Å². The molecule has 0 radical (unpaired) electrons. The number of benzene rings is 3. The van der Waals surface area contributed by atoms with Gasteiger partial charge in [0.15, 0.2) is 6.10 Å². The quantitative estimate of drug-likeness (QED) is 0.464. The lowest BCUT2D eigenvalue weighted by Crippen LogP contribution is -2.32. The second kappa shape index (κ2) is 8.41. The van der Waals surface area contributed by atoms with E-state index in [2.05, 4.69) is 15.5 Å². The van der Waals surface area contributed by atoms with Gasteiger partial charge in [-0.15, -0.1) is 10.2 Å². The van der Waals surface area contributed by atoms with E-state index in [9.17, 15) is 4.79 Å². The minimum Gasteiger partial charge on any atom is -0.480 e. The Morgan fingerprint density at radius 2 is 1.79 bits per heavy atom. The molecule has 0 saturated carbocycles. The molecule has 0 spiro atoms. The van der Waals surface area contributed by atoms with Gasteiger partial charge in [-0.05, 0) is 24.8 Å². The average Bonchev–Trinajstić information content (AvgIpc) is 3.21. The molecule has 1 unspecified atom stereocenters. The summed E-state index contributed by atoms with van der Waals surface area (Å²) in [6.07, 6.45) is -0.0777. The Kier molecular flexibility index (Phi) is 5.53. The van der Waals surface area contributed by atoms with Gasteiger partial charge in [0, 0.05) is 10.9 Å². The van der Waals surface area contributed by atoms with Crippen LogP contribution in [0.2, 0.25) is 0 Å². The molecule has 1 heterocycles. The number of aromatic nitrogens is 2. The van der Waals surface area contributed by atoms with Crippen LogP contribution in [0.1, 0.15) is 18.9 Å². The summed E-state index contributed by atoms with van der Waals surface area (Å²) in [4.78, 5) is 12.8. The van der Waals surface area contributed by atoms with Gasteiger partial charge in [-0.1, -0.05) is 84.5 Å². The van der Waals surface area contributed by atoms with Gasteiger partial charge in [0.1, 0.15) is 10.8 Å². The van der Waals surface area contributed by atoms with Crippen molar-refractivity contribution in [3.63, 3.8) is 0 Å². The molecule has 0 aliphatic carbocycles. The van der Waals surface area contributed by atoms with Gasteiger partial charge in [-0.25, -0.2) is 0 Å². The zero-order valence-corrected chi connectivity index (χ0v) is 17.1. The molecular formula is C23H21N3O2S. The minimum atomic E-state index is -0.618. The second-order valence-electron chi connectivity index (χ2n) is 6.76. The molecule has 5 nitrogen and oxygen atoms in total. The van der Waals surface area contributed by atoms with E-state index in [0.29, 0.717) is 17.3 Å². The number of ether oxygens (including phenoxy) is 1. The third-order valence-electron chi connectivity index (χ3n) is 4.64. The van der Waals surface area contributed by atoms with Gasteiger partial charge in [-0.3, -0.25) is 10.1 Å². The van der Waals surface area contributed by atoms with Gasteiger partial charge in [0.2, 0.25) is 5.13 Å². The predicted molar refractivity (Wildman–Crippen MR) is 117 cm³/mol. The van der Waals surface area contributed by atoms with Crippen LogP contribution in [-0.2, 0) is 4.79 Å². The Morgan fingerprint density at radius 3 is 2.59 bits per heavy atom. The van der Waals surface area contributed by atoms with E-state index in [1.807, 2.05) is 80.6 Å². The smallest absolute Gasteiger partial charge is 0.267 e. The zero-order chi connectivity index (χ0) is 20.2. The van der Waals surface area contributed by atoms with Crippen LogP contribution < -0.4 is 10.1 Å². The van der Waals surface area contributed by atoms with E-state index < -0.39 is 6.10 Å². The number of fused-ring (bicyclic) bond motifs is 1. The highest BCUT2D eigenvalue weighted by atomic mass is 32.1. The lowest BCUT2D eigenvalue weighted by molar-refractivity contribution is -0.122. The van der Waals surface area contributed by atoms with Crippen LogP contribution in [0.5, 0.6) is 5.75 Å². The summed E-state index contributed by atoms with van der Waals surface area (Å²) >= 11 is 1.35. The Bertz CT molecular complexity index is 1130. The van der Waals surface area contributed by atoms with Crippen LogP contribution in [-0.4, -0.2) is 22.2 Å². The number of hydrogen-bond donors (Lipinski definition) is 1. The number of hydrogen-bond acceptors (Lipinski definition) is 5. The maximum atomic E-state index is 12.8. The summed E-state index contributed by atoms with van der Waals surface area (Å²) in [5.74, 6) is 0.467. The van der Waals surface area contributed by atoms with Crippen molar-refractivity contribution in [1.29, 1.82) is 0 Å². The molecule has 6 heteroatoms. The third kappa shape index (κ3) is 4.27. The summed E-state index contributed by atoms with van der Waals surface area (Å²) in [5, 5.41) is 14.4. The molecule has 3 aromatic carbocycles. The normalized spacial score (nSPS) is 11.9. The molecule has 4 rings (SSSR count). The molecule has 0 saturated heterocycles. The van der Waals surface area contributed by atoms with Crippen LogP contribution in [0.4, 0.5) is 5.13 Å². The molecule has 1 atom stereocenters. The topological polar surface area (TPSA) is 64.1 Å². The van der Waals surface area contributed by atoms with Gasteiger partial charge in [-0.2, -0.15) is 0 Å². The maximum Gasteiger partial charge on any atom is 0.267 e. The van der Waals surface area contributed by atoms with Crippen LogP contribution in [0.3, 0.4) is 0 Å². The highest BCUT2D eigenvalue weighted by molar-refractivity contribution is 7.18. The lowest BCUT2D eigenvalue weighted by atomic mass is 10.1. The van der Waals surface area contributed by atoms with Crippen LogP contribution in [0, 0.1) is 6.92 Å². The number of amides is 1. The van der Waals surface area contributed by atoms with Crippen molar-refractivity contribution in [3.8, 4) is 16.3 Å². The fourth-order valence-electron chi connectivity index (χ4n) is 3.05. The molecule has 29 heavy (non-hydrogen) atoms. The molecule has 0 aliphatic heterocycles. The summed E-state index contributed by atoms with van der Waals surface area (Å²) in [5.41, 5.74) is 2.16. The molecule has 0 aliphatic rings. The van der Waals surface area contributed by atoms with Crippen molar-refractivity contribution in [2.24, 2.45) is 0 Å². The maximum absolute atomic E-state index is 12.8. The predicted octanol–water partition coefficient (Wildman–Crippen LogP) is 5.46. The molecule has 146 valence electrons. The zero-order valence-electron chi connectivity index (χ0n) is 16.3. The second-order valence-corrected chi connectivity index (χ2v) is 7.74. The molecule has 1 N–H and O–H groups in total. The average molecular weight is 404 g/mol. The molecule has 4 aromatic rings. The van der Waals surface area contributed by atoms with Crippen molar-refractivity contribution >= 4 is 33.1 Å². The minimum absolute atomic E-state index is 0.230. The fourth-order valence-corrected chi connectivity index (χ4v) is 3.80. The summed E-state index contributed by atoms with van der Waals surface area (Å²) in [6.45, 7) is 3.96. The highest BCUT2D eigenvalue weighted by Crippen LogP contribution is 2.28. The number of carbonyl (C=O) groups is 1. The van der Waals surface area contributed by atoms with Crippen molar-refractivity contribution in [2.45, 2.75) is 26.4 Å². The Balaban J connectivity index is 1.49. The van der Waals surface area contributed by atoms with E-state index >= 15 is 0 Å². The van der Waals surface area contributed by atoms with Crippen LogP contribution in [0.15, 0.2) is 66.7 Å². The van der Waals surface area contributed by atoms with Gasteiger partial charge >= 0.3 is 0 Å². The molecule has 1 amide bonds. The number of nitrogens with zero attached hydrogens (tertiary/aromatic N) is 2. The Labute approximate surface area is 173 Å². The van der Waals surface area contributed by atoms with E-state index in [1.54, 1.807) is 0 Å². The van der Waals surface area contributed by atoms with E-state index in [1.165, 1.54) is 16.9 Å². The van der Waals surface area contributed by atoms with Gasteiger partial charge in [0.25, 0.3) is 5.91 Å². The SMILES string of the molecule is CCC(Oc1cccc2ccccc12)C(=O)Nc1nnc(-c2ccc(C)cc2)s1. The standard InChI is InChI=1S/C23H21N3O2S/c1-3-19(28-20-10-6-8-16-7-4-5-9-18(16)20)21(27)24-23-26-25-22(29-23)17-13-11-15(2)12-14-17/h4-14,19H,3H2,1-2H3,(H,24,26,27). The van der Waals surface area contributed by atoms with Crippen molar-refractivity contribution < 1.29 is 9.53 Å². The summed E-state index contributed by atoms with van der Waals surface area (Å²) < 4.78 is 6.06. The highest BCUT2D eigenvalue weighted by Gasteiger charge is 2.21. The van der Waals surface area contributed by atoms with Gasteiger partial charge < -0.3 is 4.74 Å². The van der Waals surface area contributed by atoms with Crippen LogP contribution in [0.25, 0.3) is 21.3 Å². The lowest BCUT2D eigenvalue weighted by Gasteiger charge is -2.17. The van der Waals surface area contributed by atoms with E-state index in [0.717, 1.165) is 21.3 Å². The first-order chi connectivity index (χ1) is 14.1. The van der Waals surface area contributed by atoms with Crippen molar-refractivity contribution in [3.05, 3.63) is 72.3 Å². The first kappa shape index (κ1) is 19.1. The Hall–Kier alpha value is -3.25. The monoisotopic (exact) mass is 403 g/mol. The molecule has 0 fully saturated rings. The molecule has 0 bridgehead atoms. The summed E-state index contributed by atoms with van der Waals surface area (Å²) in [6, 6.07) is 21.9. The molecular weight excluding hydrogens is 382 g/mol. The first-order valence-electron chi connectivity index (χ1n) is 9.50.